The summed E-state index contributed by atoms with van der Waals surface area (Å²) in [4.78, 5) is 39.3. The fourth-order valence-electron chi connectivity index (χ4n) is 3.73. The zero-order valence-corrected chi connectivity index (χ0v) is 21.7. The van der Waals surface area contributed by atoms with Gasteiger partial charge < -0.3 is 4.74 Å². The van der Waals surface area contributed by atoms with Crippen molar-refractivity contribution in [3.05, 3.63) is 111 Å². The summed E-state index contributed by atoms with van der Waals surface area (Å²) >= 11 is 9.75. The Morgan fingerprint density at radius 3 is 2.53 bits per heavy atom. The number of imide groups is 2. The number of rotatable bonds is 7. The van der Waals surface area contributed by atoms with Crippen molar-refractivity contribution in [2.75, 3.05) is 4.90 Å². The van der Waals surface area contributed by atoms with E-state index < -0.39 is 17.8 Å². The zero-order chi connectivity index (χ0) is 25.8. The molecule has 0 spiro atoms. The number of amides is 4. The molecule has 182 valence electrons. The van der Waals surface area contributed by atoms with Crippen LogP contribution in [0.15, 0.2) is 83.4 Å². The van der Waals surface area contributed by atoms with Crippen molar-refractivity contribution in [3.8, 4) is 5.75 Å². The maximum atomic E-state index is 13.2. The first-order valence-electron chi connectivity index (χ1n) is 11.1. The summed E-state index contributed by atoms with van der Waals surface area (Å²) in [6.07, 6.45) is 3.70. The lowest BCUT2D eigenvalue weighted by Crippen LogP contribution is -2.54. The van der Waals surface area contributed by atoms with Gasteiger partial charge in [-0.05, 0) is 81.9 Å². The summed E-state index contributed by atoms with van der Waals surface area (Å²) in [5.74, 6) is -0.869. The second-order valence-corrected chi connectivity index (χ2v) is 9.41. The van der Waals surface area contributed by atoms with E-state index in [4.69, 9.17) is 16.3 Å². The molecular formula is C28H22BrClN2O4. The van der Waals surface area contributed by atoms with Crippen LogP contribution in [0.4, 0.5) is 10.5 Å². The van der Waals surface area contributed by atoms with Gasteiger partial charge in [-0.2, -0.15) is 0 Å². The number of halogens is 2. The molecule has 0 unspecified atom stereocenters. The molecule has 1 saturated heterocycles. The predicted octanol–water partition coefficient (Wildman–Crippen LogP) is 6.38. The van der Waals surface area contributed by atoms with Crippen LogP contribution < -0.4 is 15.0 Å². The van der Waals surface area contributed by atoms with Gasteiger partial charge >= 0.3 is 6.03 Å². The van der Waals surface area contributed by atoms with Crippen LogP contribution >= 0.6 is 27.5 Å². The van der Waals surface area contributed by atoms with E-state index in [2.05, 4.69) is 27.8 Å². The first kappa shape index (κ1) is 25.4. The van der Waals surface area contributed by atoms with Crippen molar-refractivity contribution in [2.45, 2.75) is 20.0 Å². The molecule has 0 aromatic heterocycles. The van der Waals surface area contributed by atoms with E-state index in [1.165, 1.54) is 12.1 Å². The number of ether oxygens (including phenoxy) is 1. The second kappa shape index (κ2) is 10.9. The summed E-state index contributed by atoms with van der Waals surface area (Å²) in [6.45, 7) is 6.01. The first-order valence-corrected chi connectivity index (χ1v) is 12.2. The fraction of sp³-hybridized carbons (Fsp3) is 0.107. The third-order valence-corrected chi connectivity index (χ3v) is 6.56. The Balaban J connectivity index is 1.68. The predicted molar refractivity (Wildman–Crippen MR) is 144 cm³/mol. The van der Waals surface area contributed by atoms with Gasteiger partial charge in [-0.15, -0.1) is 6.58 Å². The minimum Gasteiger partial charge on any atom is -0.487 e. The second-order valence-electron chi connectivity index (χ2n) is 8.15. The Bertz CT molecular complexity index is 1400. The first-order chi connectivity index (χ1) is 17.3. The molecule has 4 rings (SSSR count). The quantitative estimate of drug-likeness (QED) is 0.205. The number of anilines is 1. The van der Waals surface area contributed by atoms with Crippen LogP contribution in [0.25, 0.3) is 6.08 Å². The standard InChI is InChI=1S/C28H22BrClN2O4/c1-3-7-20-12-19(14-23(29)25(20)36-16-18-8-5-4-6-9-18)13-22-26(33)31-28(35)32(27(22)34)21-11-10-17(2)24(30)15-21/h3-6,8-15H,1,7,16H2,2H3,(H,31,33,35)/b22-13-. The Hall–Kier alpha value is -3.68. The van der Waals surface area contributed by atoms with E-state index in [0.29, 0.717) is 33.8 Å². The number of hydrogen-bond donors (Lipinski definition) is 1. The summed E-state index contributed by atoms with van der Waals surface area (Å²) in [5.41, 5.74) is 3.31. The van der Waals surface area contributed by atoms with Crippen LogP contribution in [0.5, 0.6) is 5.75 Å². The van der Waals surface area contributed by atoms with E-state index in [1.807, 2.05) is 43.3 Å². The number of allylic oxidation sites excluding steroid dienone is 1. The third-order valence-electron chi connectivity index (χ3n) is 5.56. The third kappa shape index (κ3) is 5.42. The minimum absolute atomic E-state index is 0.180. The van der Waals surface area contributed by atoms with Gasteiger partial charge in [-0.1, -0.05) is 54.1 Å². The summed E-state index contributed by atoms with van der Waals surface area (Å²) < 4.78 is 6.74. The van der Waals surface area contributed by atoms with Crippen molar-refractivity contribution in [1.82, 2.24) is 5.32 Å². The lowest BCUT2D eigenvalue weighted by atomic mass is 10.0. The number of nitrogens with one attached hydrogen (secondary N) is 1. The van der Waals surface area contributed by atoms with E-state index in [0.717, 1.165) is 21.6 Å². The largest absolute Gasteiger partial charge is 0.487 e. The molecule has 0 radical (unpaired) electrons. The molecular weight excluding hydrogens is 544 g/mol. The Morgan fingerprint density at radius 2 is 1.83 bits per heavy atom. The highest BCUT2D eigenvalue weighted by Crippen LogP contribution is 2.34. The van der Waals surface area contributed by atoms with Crippen molar-refractivity contribution < 1.29 is 19.1 Å². The Kier molecular flexibility index (Phi) is 7.72. The SMILES string of the molecule is C=CCc1cc(/C=C2/C(=O)NC(=O)N(c3ccc(C)c(Cl)c3)C2=O)cc(Br)c1OCc1ccccc1. The lowest BCUT2D eigenvalue weighted by Gasteiger charge is -2.26. The molecule has 0 atom stereocenters. The number of carbonyl (C=O) groups is 3. The van der Waals surface area contributed by atoms with Crippen molar-refractivity contribution >= 4 is 57.1 Å². The molecule has 6 nitrogen and oxygen atoms in total. The average Bonchev–Trinajstić information content (AvgIpc) is 2.84. The Labute approximate surface area is 222 Å². The number of barbiturate groups is 1. The molecule has 1 N–H and O–H groups in total. The van der Waals surface area contributed by atoms with Crippen molar-refractivity contribution in [2.24, 2.45) is 0 Å². The molecule has 3 aromatic rings. The van der Waals surface area contributed by atoms with Crippen LogP contribution in [-0.4, -0.2) is 17.8 Å². The van der Waals surface area contributed by atoms with E-state index in [1.54, 1.807) is 24.3 Å². The van der Waals surface area contributed by atoms with E-state index in [9.17, 15) is 14.4 Å². The molecule has 1 fully saturated rings. The van der Waals surface area contributed by atoms with Crippen LogP contribution in [0.3, 0.4) is 0 Å². The molecule has 0 aliphatic carbocycles. The number of hydrogen-bond acceptors (Lipinski definition) is 4. The van der Waals surface area contributed by atoms with Gasteiger partial charge in [-0.3, -0.25) is 14.9 Å². The van der Waals surface area contributed by atoms with Crippen LogP contribution in [-0.2, 0) is 22.6 Å². The van der Waals surface area contributed by atoms with Crippen molar-refractivity contribution in [1.29, 1.82) is 0 Å². The smallest absolute Gasteiger partial charge is 0.335 e. The highest BCUT2D eigenvalue weighted by molar-refractivity contribution is 9.10. The van der Waals surface area contributed by atoms with Crippen molar-refractivity contribution in [3.63, 3.8) is 0 Å². The van der Waals surface area contributed by atoms with Crippen LogP contribution in [0.2, 0.25) is 5.02 Å². The Morgan fingerprint density at radius 1 is 1.08 bits per heavy atom. The van der Waals surface area contributed by atoms with Gasteiger partial charge in [0, 0.05) is 5.02 Å². The number of nitrogens with zero attached hydrogens (tertiary/aromatic N) is 1. The van der Waals surface area contributed by atoms with Gasteiger partial charge in [0.05, 0.1) is 10.2 Å². The summed E-state index contributed by atoms with van der Waals surface area (Å²) in [6, 6.07) is 17.3. The van der Waals surface area contributed by atoms with Gasteiger partial charge in [0.25, 0.3) is 11.8 Å². The molecule has 0 saturated carbocycles. The molecule has 1 aliphatic rings. The molecule has 1 aliphatic heterocycles. The van der Waals surface area contributed by atoms with Crippen LogP contribution in [0, 0.1) is 6.92 Å². The average molecular weight is 566 g/mol. The summed E-state index contributed by atoms with van der Waals surface area (Å²) in [7, 11) is 0. The number of carbonyl (C=O) groups excluding carboxylic acids is 3. The molecule has 36 heavy (non-hydrogen) atoms. The monoisotopic (exact) mass is 564 g/mol. The zero-order valence-electron chi connectivity index (χ0n) is 19.4. The normalized spacial score (nSPS) is 14.7. The van der Waals surface area contributed by atoms with Gasteiger partial charge in [0.2, 0.25) is 0 Å². The van der Waals surface area contributed by atoms with Gasteiger partial charge in [0.1, 0.15) is 17.9 Å². The number of urea groups is 1. The number of benzene rings is 3. The highest BCUT2D eigenvalue weighted by Gasteiger charge is 2.37. The highest BCUT2D eigenvalue weighted by atomic mass is 79.9. The lowest BCUT2D eigenvalue weighted by molar-refractivity contribution is -0.122. The van der Waals surface area contributed by atoms with Gasteiger partial charge in [0.15, 0.2) is 0 Å². The molecule has 3 aromatic carbocycles. The number of aryl methyl sites for hydroxylation is 1. The molecule has 4 amide bonds. The molecule has 1 heterocycles. The summed E-state index contributed by atoms with van der Waals surface area (Å²) in [5, 5.41) is 2.63. The van der Waals surface area contributed by atoms with Crippen LogP contribution in [0.1, 0.15) is 22.3 Å². The fourth-order valence-corrected chi connectivity index (χ4v) is 4.54. The minimum atomic E-state index is -0.833. The van der Waals surface area contributed by atoms with E-state index in [-0.39, 0.29) is 11.3 Å². The van der Waals surface area contributed by atoms with Gasteiger partial charge in [-0.25, -0.2) is 9.69 Å². The maximum Gasteiger partial charge on any atom is 0.335 e. The molecule has 8 heteroatoms. The maximum absolute atomic E-state index is 13.2. The van der Waals surface area contributed by atoms with E-state index >= 15 is 0 Å². The topological polar surface area (TPSA) is 75.7 Å². The molecule has 0 bridgehead atoms.